The molecule has 0 aliphatic rings. The first-order chi connectivity index (χ1) is 16.7. The molecule has 1 unspecified atom stereocenters. The van der Waals surface area contributed by atoms with Crippen molar-refractivity contribution in [2.24, 2.45) is 0 Å². The molecular weight excluding hydrogens is 518 g/mol. The second-order valence-electron chi connectivity index (χ2n) is 9.98. The fourth-order valence-electron chi connectivity index (χ4n) is 3.07. The van der Waals surface area contributed by atoms with Crippen molar-refractivity contribution >= 4 is 23.5 Å². The van der Waals surface area contributed by atoms with Gasteiger partial charge in [-0.3, -0.25) is 9.13 Å². The molecule has 0 spiro atoms. The van der Waals surface area contributed by atoms with Crippen LogP contribution < -0.4 is 4.74 Å². The van der Waals surface area contributed by atoms with Crippen molar-refractivity contribution in [2.45, 2.75) is 85.8 Å². The second-order valence-corrected chi connectivity index (χ2v) is 19.2. The Morgan fingerprint density at radius 3 is 1.94 bits per heavy atom. The van der Waals surface area contributed by atoms with Crippen LogP contribution in [0.5, 0.6) is 5.75 Å². The Hall–Kier alpha value is -0.503. The van der Waals surface area contributed by atoms with Crippen LogP contribution in [0.2, 0.25) is 18.1 Å². The van der Waals surface area contributed by atoms with Gasteiger partial charge in [-0.1, -0.05) is 39.8 Å². The third-order valence-corrected chi connectivity index (χ3v) is 14.6. The Balaban J connectivity index is 3.01. The van der Waals surface area contributed by atoms with Gasteiger partial charge in [0.25, 0.3) is 0 Å². The fraction of sp³-hybridized carbons (Fsp3) is 0.760. The van der Waals surface area contributed by atoms with Gasteiger partial charge in [0, 0.05) is 24.8 Å². The zero-order valence-corrected chi connectivity index (χ0v) is 26.5. The number of hydrogen-bond donors (Lipinski definition) is 0. The minimum Gasteiger partial charge on any atom is -0.493 e. The predicted octanol–water partition coefficient (Wildman–Crippen LogP) is 8.01. The molecule has 0 aliphatic heterocycles. The van der Waals surface area contributed by atoms with Gasteiger partial charge >= 0.3 is 15.2 Å². The lowest BCUT2D eigenvalue weighted by atomic mass is 10.1. The zero-order valence-electron chi connectivity index (χ0n) is 23.8. The lowest BCUT2D eigenvalue weighted by Gasteiger charge is -2.36. The molecule has 0 aromatic heterocycles. The van der Waals surface area contributed by atoms with Crippen LogP contribution in [0.1, 0.15) is 66.0 Å². The molecule has 11 heteroatoms. The predicted molar refractivity (Wildman–Crippen MR) is 149 cm³/mol. The minimum atomic E-state index is -3.27. The third-order valence-electron chi connectivity index (χ3n) is 6.10. The summed E-state index contributed by atoms with van der Waals surface area (Å²) < 4.78 is 60.2. The van der Waals surface area contributed by atoms with Crippen LogP contribution in [-0.4, -0.2) is 47.5 Å². The molecule has 1 atom stereocenters. The molecule has 1 aromatic carbocycles. The van der Waals surface area contributed by atoms with Gasteiger partial charge in [0.2, 0.25) is 0 Å². The number of benzene rings is 1. The van der Waals surface area contributed by atoms with Gasteiger partial charge < -0.3 is 27.3 Å². The van der Waals surface area contributed by atoms with Gasteiger partial charge in [0.05, 0.1) is 39.2 Å². The SMILES string of the molecule is CCOP(=O)(CC)OCc1ccc(CP(=O)(OCC)OCC)cc1OCCCO[Si](C)(C)C(C)(C)C. The normalized spacial score (nSPS) is 14.6. The van der Waals surface area contributed by atoms with Crippen molar-refractivity contribution in [1.29, 1.82) is 0 Å². The fourth-order valence-corrected chi connectivity index (χ4v) is 7.01. The van der Waals surface area contributed by atoms with Gasteiger partial charge in [-0.25, -0.2) is 0 Å². The number of ether oxygens (including phenoxy) is 1. The van der Waals surface area contributed by atoms with E-state index < -0.39 is 23.5 Å². The van der Waals surface area contributed by atoms with Gasteiger partial charge in [0.1, 0.15) is 5.75 Å². The molecule has 8 nitrogen and oxygen atoms in total. The Kier molecular flexibility index (Phi) is 14.1. The van der Waals surface area contributed by atoms with E-state index in [0.717, 1.165) is 17.5 Å². The summed E-state index contributed by atoms with van der Waals surface area (Å²) in [7, 11) is -8.27. The summed E-state index contributed by atoms with van der Waals surface area (Å²) in [4.78, 5) is 0. The summed E-state index contributed by atoms with van der Waals surface area (Å²) in [5.41, 5.74) is 1.50. The summed E-state index contributed by atoms with van der Waals surface area (Å²) in [6.45, 7) is 20.3. The largest absolute Gasteiger partial charge is 0.493 e. The molecule has 0 heterocycles. The van der Waals surface area contributed by atoms with Gasteiger partial charge in [0.15, 0.2) is 8.32 Å². The maximum Gasteiger partial charge on any atom is 0.335 e. The molecule has 0 radical (unpaired) electrons. The van der Waals surface area contributed by atoms with Gasteiger partial charge in [-0.05, 0) is 50.5 Å². The van der Waals surface area contributed by atoms with E-state index in [1.807, 2.05) is 18.2 Å². The van der Waals surface area contributed by atoms with Crippen LogP contribution in [0.25, 0.3) is 0 Å². The molecule has 0 amide bonds. The van der Waals surface area contributed by atoms with Crippen molar-refractivity contribution in [2.75, 3.05) is 39.2 Å². The van der Waals surface area contributed by atoms with Crippen LogP contribution in [0.15, 0.2) is 18.2 Å². The average molecular weight is 567 g/mol. The molecule has 1 aromatic rings. The first-order valence-electron chi connectivity index (χ1n) is 12.9. The Morgan fingerprint density at radius 2 is 1.42 bits per heavy atom. The topological polar surface area (TPSA) is 89.5 Å². The first kappa shape index (κ1) is 33.5. The van der Waals surface area contributed by atoms with Crippen LogP contribution in [0.3, 0.4) is 0 Å². The lowest BCUT2D eigenvalue weighted by molar-refractivity contribution is 0.200. The Labute approximate surface area is 219 Å². The van der Waals surface area contributed by atoms with Gasteiger partial charge in [-0.2, -0.15) is 0 Å². The van der Waals surface area contributed by atoms with Crippen LogP contribution >= 0.6 is 15.2 Å². The highest BCUT2D eigenvalue weighted by Gasteiger charge is 2.36. The Morgan fingerprint density at radius 1 is 0.833 bits per heavy atom. The molecule has 0 saturated carbocycles. The van der Waals surface area contributed by atoms with Crippen LogP contribution in [-0.2, 0) is 44.4 Å². The standard InChI is InChI=1S/C25H48O8P2Si/c1-10-29-34(26,13-4)32-20-23-16-15-22(21-35(27,30-11-2)31-12-3)19-24(23)28-17-14-18-33-36(8,9)25(5,6)7/h15-16,19H,10-14,17-18,20-21H2,1-9H3. The number of rotatable bonds is 18. The van der Waals surface area contributed by atoms with Crippen molar-refractivity contribution in [3.05, 3.63) is 29.3 Å². The lowest BCUT2D eigenvalue weighted by Crippen LogP contribution is -2.41. The highest BCUT2D eigenvalue weighted by atomic mass is 31.2. The monoisotopic (exact) mass is 566 g/mol. The smallest absolute Gasteiger partial charge is 0.335 e. The molecule has 36 heavy (non-hydrogen) atoms. The van der Waals surface area contributed by atoms with E-state index in [0.29, 0.717) is 38.8 Å². The maximum atomic E-state index is 13.0. The molecule has 0 bridgehead atoms. The van der Waals surface area contributed by atoms with E-state index in [-0.39, 0.29) is 24.0 Å². The average Bonchev–Trinajstić information content (AvgIpc) is 2.78. The van der Waals surface area contributed by atoms with Gasteiger partial charge in [-0.15, -0.1) is 0 Å². The van der Waals surface area contributed by atoms with Crippen LogP contribution in [0.4, 0.5) is 0 Å². The van der Waals surface area contributed by atoms with Crippen molar-refractivity contribution in [3.63, 3.8) is 0 Å². The summed E-state index contributed by atoms with van der Waals surface area (Å²) in [5.74, 6) is 0.582. The van der Waals surface area contributed by atoms with E-state index in [9.17, 15) is 9.13 Å². The van der Waals surface area contributed by atoms with Crippen molar-refractivity contribution in [3.8, 4) is 5.75 Å². The summed E-state index contributed by atoms with van der Waals surface area (Å²) >= 11 is 0. The molecule has 1 rings (SSSR count). The molecular formula is C25H48O8P2Si. The molecule has 0 fully saturated rings. The molecule has 210 valence electrons. The molecule has 0 saturated heterocycles. The van der Waals surface area contributed by atoms with E-state index in [4.69, 9.17) is 27.3 Å². The minimum absolute atomic E-state index is 0.0791. The van der Waals surface area contributed by atoms with E-state index in [1.165, 1.54) is 0 Å². The van der Waals surface area contributed by atoms with Crippen LogP contribution in [0, 0.1) is 0 Å². The quantitative estimate of drug-likeness (QED) is 0.100. The number of hydrogen-bond acceptors (Lipinski definition) is 8. The second kappa shape index (κ2) is 15.2. The molecule has 0 N–H and O–H groups in total. The Bertz CT molecular complexity index is 875. The summed E-state index contributed by atoms with van der Waals surface area (Å²) in [6, 6.07) is 5.51. The van der Waals surface area contributed by atoms with E-state index in [2.05, 4.69) is 33.9 Å². The van der Waals surface area contributed by atoms with E-state index >= 15 is 0 Å². The van der Waals surface area contributed by atoms with Crippen molar-refractivity contribution in [1.82, 2.24) is 0 Å². The molecule has 0 aliphatic carbocycles. The zero-order chi connectivity index (χ0) is 27.5. The first-order valence-corrected chi connectivity index (χ1v) is 19.3. The summed E-state index contributed by atoms with van der Waals surface area (Å²) in [5, 5.41) is 0.148. The van der Waals surface area contributed by atoms with Crippen molar-refractivity contribution < 1.29 is 36.4 Å². The maximum absolute atomic E-state index is 13.0. The summed E-state index contributed by atoms with van der Waals surface area (Å²) in [6.07, 6.45) is 1.14. The third kappa shape index (κ3) is 11.1. The highest BCUT2D eigenvalue weighted by molar-refractivity contribution is 7.53. The van der Waals surface area contributed by atoms with E-state index in [1.54, 1.807) is 27.7 Å². The highest BCUT2D eigenvalue weighted by Crippen LogP contribution is 2.52.